The average Bonchev–Trinajstić information content (AvgIpc) is 3.32. The molecule has 1 saturated heterocycles. The molecule has 3 atom stereocenters. The van der Waals surface area contributed by atoms with Gasteiger partial charge >= 0.3 is 5.97 Å². The summed E-state index contributed by atoms with van der Waals surface area (Å²) in [5.74, 6) is 0.517. The second-order valence-electron chi connectivity index (χ2n) is 7.31. The van der Waals surface area contributed by atoms with Crippen LogP contribution in [0.1, 0.15) is 58.3 Å². The van der Waals surface area contributed by atoms with Gasteiger partial charge in [-0.15, -0.1) is 0 Å². The summed E-state index contributed by atoms with van der Waals surface area (Å²) in [6, 6.07) is 0.642. The van der Waals surface area contributed by atoms with E-state index in [0.29, 0.717) is 18.5 Å². The van der Waals surface area contributed by atoms with E-state index in [1.165, 1.54) is 38.5 Å². The van der Waals surface area contributed by atoms with Crippen LogP contribution in [0.15, 0.2) is 0 Å². The van der Waals surface area contributed by atoms with Gasteiger partial charge in [0.15, 0.2) is 0 Å². The van der Waals surface area contributed by atoms with E-state index in [1.807, 2.05) is 6.92 Å². The first kappa shape index (κ1) is 15.3. The average molecular weight is 294 g/mol. The van der Waals surface area contributed by atoms with E-state index in [0.717, 1.165) is 31.8 Å². The Hall–Kier alpha value is -0.610. The molecular formula is C17H30N2O2. The molecule has 0 aromatic carbocycles. The quantitative estimate of drug-likeness (QED) is 0.790. The van der Waals surface area contributed by atoms with Crippen LogP contribution in [-0.4, -0.2) is 47.2 Å². The maximum Gasteiger partial charge on any atom is 0.325 e. The minimum Gasteiger partial charge on any atom is -0.480 e. The van der Waals surface area contributed by atoms with Crippen LogP contribution in [-0.2, 0) is 4.79 Å². The lowest BCUT2D eigenvalue weighted by molar-refractivity contribution is -0.148. The zero-order chi connectivity index (χ0) is 14.9. The molecule has 3 aliphatic rings. The summed E-state index contributed by atoms with van der Waals surface area (Å²) in [6.45, 7) is 4.57. The molecule has 0 bridgehead atoms. The number of nitrogens with zero attached hydrogens (tertiary/aromatic N) is 1. The van der Waals surface area contributed by atoms with Crippen LogP contribution >= 0.6 is 0 Å². The number of carbonyl (C=O) groups is 1. The monoisotopic (exact) mass is 294 g/mol. The van der Waals surface area contributed by atoms with Gasteiger partial charge in [-0.25, -0.2) is 0 Å². The van der Waals surface area contributed by atoms with Gasteiger partial charge in [-0.1, -0.05) is 19.8 Å². The fourth-order valence-electron chi connectivity index (χ4n) is 4.78. The fraction of sp³-hybridized carbons (Fsp3) is 0.941. The second kappa shape index (κ2) is 6.25. The summed E-state index contributed by atoms with van der Waals surface area (Å²) in [7, 11) is 0. The molecule has 0 radical (unpaired) electrons. The highest BCUT2D eigenvalue weighted by molar-refractivity contribution is 5.80. The van der Waals surface area contributed by atoms with Gasteiger partial charge in [0.05, 0.1) is 0 Å². The van der Waals surface area contributed by atoms with Gasteiger partial charge in [0.1, 0.15) is 5.54 Å². The highest BCUT2D eigenvalue weighted by Crippen LogP contribution is 2.43. The van der Waals surface area contributed by atoms with E-state index in [2.05, 4.69) is 10.2 Å². The third kappa shape index (κ3) is 2.98. The van der Waals surface area contributed by atoms with Crippen molar-refractivity contribution >= 4 is 5.97 Å². The molecule has 1 aliphatic heterocycles. The number of aliphatic carboxylic acids is 1. The second-order valence-corrected chi connectivity index (χ2v) is 7.31. The van der Waals surface area contributed by atoms with E-state index in [-0.39, 0.29) is 0 Å². The predicted octanol–water partition coefficient (Wildman–Crippen LogP) is 2.48. The van der Waals surface area contributed by atoms with Gasteiger partial charge in [-0.2, -0.15) is 0 Å². The van der Waals surface area contributed by atoms with E-state index >= 15 is 0 Å². The normalized spacial score (nSPS) is 33.2. The van der Waals surface area contributed by atoms with Crippen LogP contribution in [0.3, 0.4) is 0 Å². The number of hydrogen-bond acceptors (Lipinski definition) is 3. The van der Waals surface area contributed by atoms with Crippen molar-refractivity contribution in [1.82, 2.24) is 10.2 Å². The van der Waals surface area contributed by atoms with Crippen molar-refractivity contribution in [2.45, 2.75) is 69.9 Å². The molecule has 1 heterocycles. The largest absolute Gasteiger partial charge is 0.480 e. The maximum absolute atomic E-state index is 12.0. The van der Waals surface area contributed by atoms with Gasteiger partial charge in [0.25, 0.3) is 0 Å². The Kier molecular flexibility index (Phi) is 4.55. The summed E-state index contributed by atoms with van der Waals surface area (Å²) in [6.07, 6.45) is 10.1. The molecule has 0 aromatic rings. The standard InChI is InChI=1S/C17H30N2O2/c1-2-18-17(16(20)21,14-9-10-14)12-19-11-5-7-13-6-3-4-8-15(13)19/h13-15,18H,2-12H2,1H3,(H,20,21)/t13-,15-,17?/m1/s1. The van der Waals surface area contributed by atoms with Crippen molar-refractivity contribution in [3.63, 3.8) is 0 Å². The Morgan fingerprint density at radius 3 is 2.57 bits per heavy atom. The van der Waals surface area contributed by atoms with Crippen molar-refractivity contribution in [2.24, 2.45) is 11.8 Å². The first-order valence-electron chi connectivity index (χ1n) is 8.90. The molecule has 4 heteroatoms. The summed E-state index contributed by atoms with van der Waals surface area (Å²) >= 11 is 0. The van der Waals surface area contributed by atoms with Gasteiger partial charge in [0.2, 0.25) is 0 Å². The molecule has 2 saturated carbocycles. The maximum atomic E-state index is 12.0. The molecular weight excluding hydrogens is 264 g/mol. The van der Waals surface area contributed by atoms with Crippen molar-refractivity contribution in [3.05, 3.63) is 0 Å². The Labute approximate surface area is 128 Å². The molecule has 0 spiro atoms. The smallest absolute Gasteiger partial charge is 0.325 e. The molecule has 4 nitrogen and oxygen atoms in total. The third-order valence-electron chi connectivity index (χ3n) is 5.96. The number of fused-ring (bicyclic) bond motifs is 1. The van der Waals surface area contributed by atoms with Crippen molar-refractivity contribution in [2.75, 3.05) is 19.6 Å². The van der Waals surface area contributed by atoms with E-state index in [9.17, 15) is 9.90 Å². The molecule has 21 heavy (non-hydrogen) atoms. The van der Waals surface area contributed by atoms with E-state index in [1.54, 1.807) is 0 Å². The molecule has 2 aliphatic carbocycles. The van der Waals surface area contributed by atoms with E-state index in [4.69, 9.17) is 0 Å². The Morgan fingerprint density at radius 2 is 1.90 bits per heavy atom. The van der Waals surface area contributed by atoms with Crippen LogP contribution < -0.4 is 5.32 Å². The molecule has 0 amide bonds. The lowest BCUT2D eigenvalue weighted by Gasteiger charge is -2.47. The van der Waals surface area contributed by atoms with E-state index < -0.39 is 11.5 Å². The highest BCUT2D eigenvalue weighted by atomic mass is 16.4. The molecule has 3 fully saturated rings. The van der Waals surface area contributed by atoms with Crippen LogP contribution in [0, 0.1) is 11.8 Å². The van der Waals surface area contributed by atoms with Crippen LogP contribution in [0.5, 0.6) is 0 Å². The molecule has 120 valence electrons. The minimum absolute atomic E-state index is 0.332. The zero-order valence-electron chi connectivity index (χ0n) is 13.3. The number of nitrogens with one attached hydrogen (secondary N) is 1. The topological polar surface area (TPSA) is 52.6 Å². The summed E-state index contributed by atoms with van der Waals surface area (Å²) in [5.41, 5.74) is -0.700. The lowest BCUT2D eigenvalue weighted by atomic mass is 9.77. The summed E-state index contributed by atoms with van der Waals surface area (Å²) < 4.78 is 0. The number of likely N-dealkylation sites (tertiary alicyclic amines) is 1. The van der Waals surface area contributed by atoms with Gasteiger partial charge < -0.3 is 10.4 Å². The predicted molar refractivity (Wildman–Crippen MR) is 83.3 cm³/mol. The third-order valence-corrected chi connectivity index (χ3v) is 5.96. The number of carboxylic acid groups (broad SMARTS) is 1. The SMILES string of the molecule is CCNC(CN1CCC[C@H]2CCCC[C@H]21)(C(=O)O)C1CC1. The van der Waals surface area contributed by atoms with Gasteiger partial charge in [-0.3, -0.25) is 9.69 Å². The molecule has 3 rings (SSSR count). The first-order chi connectivity index (χ1) is 10.2. The van der Waals surface area contributed by atoms with Gasteiger partial charge in [-0.05, 0) is 63.5 Å². The minimum atomic E-state index is -0.700. The molecule has 1 unspecified atom stereocenters. The van der Waals surface area contributed by atoms with Crippen molar-refractivity contribution < 1.29 is 9.90 Å². The summed E-state index contributed by atoms with van der Waals surface area (Å²) in [5, 5.41) is 13.3. The number of rotatable bonds is 6. The Balaban J connectivity index is 1.76. The van der Waals surface area contributed by atoms with Gasteiger partial charge in [0, 0.05) is 12.6 Å². The number of carboxylic acids is 1. The molecule has 2 N–H and O–H groups in total. The number of piperidine rings is 1. The van der Waals surface area contributed by atoms with Crippen LogP contribution in [0.25, 0.3) is 0 Å². The lowest BCUT2D eigenvalue weighted by Crippen LogP contribution is -2.63. The highest BCUT2D eigenvalue weighted by Gasteiger charge is 2.52. The number of hydrogen-bond donors (Lipinski definition) is 2. The molecule has 0 aromatic heterocycles. The van der Waals surface area contributed by atoms with Crippen LogP contribution in [0.2, 0.25) is 0 Å². The first-order valence-corrected chi connectivity index (χ1v) is 8.90. The van der Waals surface area contributed by atoms with Crippen molar-refractivity contribution in [1.29, 1.82) is 0 Å². The fourth-order valence-corrected chi connectivity index (χ4v) is 4.78. The van der Waals surface area contributed by atoms with Crippen molar-refractivity contribution in [3.8, 4) is 0 Å². The van der Waals surface area contributed by atoms with Crippen LogP contribution in [0.4, 0.5) is 0 Å². The number of likely N-dealkylation sites (N-methyl/N-ethyl adjacent to an activating group) is 1. The Bertz CT molecular complexity index is 381. The summed E-state index contributed by atoms with van der Waals surface area (Å²) in [4.78, 5) is 14.6. The Morgan fingerprint density at radius 1 is 1.19 bits per heavy atom. The zero-order valence-corrected chi connectivity index (χ0v) is 13.3.